The minimum Gasteiger partial charge on any atom is -0.444 e. The number of aryl methyl sites for hydroxylation is 1. The molecule has 0 radical (unpaired) electrons. The van der Waals surface area contributed by atoms with Gasteiger partial charge in [-0.1, -0.05) is 23.4 Å². The van der Waals surface area contributed by atoms with Gasteiger partial charge in [-0.25, -0.2) is 4.79 Å². The van der Waals surface area contributed by atoms with Crippen molar-refractivity contribution in [2.75, 3.05) is 28.6 Å². The molecule has 2 amide bonds. The number of amides is 2. The van der Waals surface area contributed by atoms with Gasteiger partial charge in [-0.05, 0) is 52.3 Å². The van der Waals surface area contributed by atoms with Gasteiger partial charge in [0, 0.05) is 30.3 Å². The Morgan fingerprint density at radius 1 is 1.02 bits per heavy atom. The molecule has 0 bridgehead atoms. The SMILES string of the molecule is Cc1cc(-c2cccc(C(=O)CC(=O)Nc3cc(C(F)(F)F)c(N4CCC4)cc3NC(=O)OC(C)(C)C)c2)on1. The van der Waals surface area contributed by atoms with E-state index in [2.05, 4.69) is 15.8 Å². The predicted octanol–water partition coefficient (Wildman–Crippen LogP) is 6.44. The summed E-state index contributed by atoms with van der Waals surface area (Å²) in [5.74, 6) is -0.982. The topological polar surface area (TPSA) is 114 Å². The van der Waals surface area contributed by atoms with E-state index in [-0.39, 0.29) is 22.6 Å². The second-order valence-corrected chi connectivity index (χ2v) is 10.4. The molecule has 4 rings (SSSR count). The molecule has 1 saturated heterocycles. The Morgan fingerprint density at radius 3 is 2.30 bits per heavy atom. The molecule has 9 nitrogen and oxygen atoms in total. The molecule has 2 heterocycles. The molecule has 2 aromatic carbocycles. The van der Waals surface area contributed by atoms with Crippen molar-refractivity contribution >= 4 is 34.8 Å². The first-order valence-electron chi connectivity index (χ1n) is 12.6. The number of ketones is 1. The van der Waals surface area contributed by atoms with E-state index in [1.807, 2.05) is 0 Å². The Labute approximate surface area is 228 Å². The maximum Gasteiger partial charge on any atom is 0.418 e. The summed E-state index contributed by atoms with van der Waals surface area (Å²) in [4.78, 5) is 39.8. The third kappa shape index (κ3) is 6.99. The number of carbonyl (C=O) groups excluding carboxylic acids is 3. The maximum atomic E-state index is 14.0. The summed E-state index contributed by atoms with van der Waals surface area (Å²) >= 11 is 0. The molecule has 3 aromatic rings. The van der Waals surface area contributed by atoms with Crippen molar-refractivity contribution in [2.24, 2.45) is 0 Å². The van der Waals surface area contributed by atoms with E-state index in [0.717, 1.165) is 18.6 Å². The van der Waals surface area contributed by atoms with E-state index in [1.165, 1.54) is 17.0 Å². The molecule has 40 heavy (non-hydrogen) atoms. The number of nitrogens with one attached hydrogen (secondary N) is 2. The molecule has 0 aliphatic carbocycles. The third-order valence-electron chi connectivity index (χ3n) is 5.97. The number of benzene rings is 2. The zero-order valence-electron chi connectivity index (χ0n) is 22.4. The smallest absolute Gasteiger partial charge is 0.418 e. The van der Waals surface area contributed by atoms with Gasteiger partial charge in [0.05, 0.1) is 34.7 Å². The monoisotopic (exact) mass is 558 g/mol. The summed E-state index contributed by atoms with van der Waals surface area (Å²) in [6.07, 6.45) is -5.57. The molecule has 212 valence electrons. The lowest BCUT2D eigenvalue weighted by molar-refractivity contribution is -0.137. The first-order chi connectivity index (χ1) is 18.7. The molecule has 1 fully saturated rings. The van der Waals surface area contributed by atoms with E-state index in [0.29, 0.717) is 30.1 Å². The van der Waals surface area contributed by atoms with Gasteiger partial charge < -0.3 is 19.5 Å². The third-order valence-corrected chi connectivity index (χ3v) is 5.97. The van der Waals surface area contributed by atoms with Gasteiger partial charge in [0.15, 0.2) is 11.5 Å². The van der Waals surface area contributed by atoms with E-state index < -0.39 is 41.5 Å². The molecular formula is C28H29F3N4O5. The number of anilines is 3. The van der Waals surface area contributed by atoms with E-state index >= 15 is 0 Å². The zero-order chi connectivity index (χ0) is 29.2. The number of Topliss-reactive ketones (excluding diaryl/α,β-unsaturated/α-hetero) is 1. The van der Waals surface area contributed by atoms with Crippen LogP contribution in [-0.2, 0) is 15.7 Å². The maximum absolute atomic E-state index is 14.0. The summed E-state index contributed by atoms with van der Waals surface area (Å²) in [5, 5.41) is 8.62. The van der Waals surface area contributed by atoms with Crippen LogP contribution in [0.4, 0.5) is 35.0 Å². The Balaban J connectivity index is 1.59. The van der Waals surface area contributed by atoms with Gasteiger partial charge in [-0.3, -0.25) is 14.9 Å². The fraction of sp³-hybridized carbons (Fsp3) is 0.357. The number of hydrogen-bond acceptors (Lipinski definition) is 7. The highest BCUT2D eigenvalue weighted by atomic mass is 19.4. The number of alkyl halides is 3. The largest absolute Gasteiger partial charge is 0.444 e. The molecule has 0 unspecified atom stereocenters. The Kier molecular flexibility index (Phi) is 7.90. The minimum absolute atomic E-state index is 0.0902. The van der Waals surface area contributed by atoms with Crippen LogP contribution < -0.4 is 15.5 Å². The number of nitrogens with zero attached hydrogens (tertiary/aromatic N) is 2. The van der Waals surface area contributed by atoms with Gasteiger partial charge in [0.25, 0.3) is 0 Å². The first-order valence-corrected chi connectivity index (χ1v) is 12.6. The fourth-order valence-corrected chi connectivity index (χ4v) is 4.04. The van der Waals surface area contributed by atoms with Crippen LogP contribution in [0, 0.1) is 6.92 Å². The molecule has 1 aliphatic heterocycles. The lowest BCUT2D eigenvalue weighted by atomic mass is 10.0. The highest BCUT2D eigenvalue weighted by Crippen LogP contribution is 2.43. The zero-order valence-corrected chi connectivity index (χ0v) is 22.4. The Hall–Kier alpha value is -4.35. The van der Waals surface area contributed by atoms with Crippen LogP contribution in [-0.4, -0.2) is 41.6 Å². The normalized spacial score (nSPS) is 13.4. The molecule has 0 atom stereocenters. The highest BCUT2D eigenvalue weighted by molar-refractivity contribution is 6.12. The highest BCUT2D eigenvalue weighted by Gasteiger charge is 2.37. The van der Waals surface area contributed by atoms with E-state index in [9.17, 15) is 27.6 Å². The van der Waals surface area contributed by atoms with Crippen LogP contribution in [0.25, 0.3) is 11.3 Å². The Morgan fingerprint density at radius 2 is 1.73 bits per heavy atom. The number of aromatic nitrogens is 1. The number of halogens is 3. The summed E-state index contributed by atoms with van der Waals surface area (Å²) < 4.78 is 52.5. The summed E-state index contributed by atoms with van der Waals surface area (Å²) in [6.45, 7) is 7.50. The van der Waals surface area contributed by atoms with Crippen LogP contribution in [0.1, 0.15) is 55.2 Å². The molecule has 1 aliphatic rings. The lowest BCUT2D eigenvalue weighted by Gasteiger charge is -2.35. The van der Waals surface area contributed by atoms with Crippen molar-refractivity contribution in [3.63, 3.8) is 0 Å². The van der Waals surface area contributed by atoms with Crippen molar-refractivity contribution in [3.8, 4) is 11.3 Å². The van der Waals surface area contributed by atoms with E-state index in [1.54, 1.807) is 45.9 Å². The van der Waals surface area contributed by atoms with Crippen LogP contribution in [0.15, 0.2) is 47.0 Å². The van der Waals surface area contributed by atoms with Gasteiger partial charge in [0.2, 0.25) is 5.91 Å². The van der Waals surface area contributed by atoms with Crippen molar-refractivity contribution in [1.29, 1.82) is 0 Å². The van der Waals surface area contributed by atoms with Gasteiger partial charge >= 0.3 is 12.3 Å². The number of rotatable bonds is 7. The fourth-order valence-electron chi connectivity index (χ4n) is 4.04. The predicted molar refractivity (Wildman–Crippen MR) is 142 cm³/mol. The summed E-state index contributed by atoms with van der Waals surface area (Å²) in [7, 11) is 0. The average Bonchev–Trinajstić information content (AvgIpc) is 3.24. The van der Waals surface area contributed by atoms with Gasteiger partial charge in [0.1, 0.15) is 5.60 Å². The molecule has 12 heteroatoms. The van der Waals surface area contributed by atoms with Crippen molar-refractivity contribution < 1.29 is 36.8 Å². The van der Waals surface area contributed by atoms with Crippen molar-refractivity contribution in [2.45, 2.75) is 52.3 Å². The van der Waals surface area contributed by atoms with Crippen LogP contribution in [0.3, 0.4) is 0 Å². The van der Waals surface area contributed by atoms with Crippen LogP contribution in [0.2, 0.25) is 0 Å². The molecule has 0 spiro atoms. The quantitative estimate of drug-likeness (QED) is 0.253. The van der Waals surface area contributed by atoms with Crippen LogP contribution >= 0.6 is 0 Å². The molecule has 0 saturated carbocycles. The van der Waals surface area contributed by atoms with E-state index in [4.69, 9.17) is 9.26 Å². The number of hydrogen-bond donors (Lipinski definition) is 2. The van der Waals surface area contributed by atoms with Crippen molar-refractivity contribution in [3.05, 3.63) is 59.3 Å². The van der Waals surface area contributed by atoms with Gasteiger partial charge in [-0.2, -0.15) is 13.2 Å². The molecular weight excluding hydrogens is 529 g/mol. The lowest BCUT2D eigenvalue weighted by Crippen LogP contribution is -2.38. The number of ether oxygens (including phenoxy) is 1. The first kappa shape index (κ1) is 28.7. The second kappa shape index (κ2) is 11.0. The standard InChI is InChI=1S/C28H29F3N4O5/c1-16-11-24(40-34-16)18-8-5-7-17(12-18)23(36)15-25(37)32-20-13-19(28(29,30)31)22(35-9-6-10-35)14-21(20)33-26(38)39-27(2,3)4/h5,7-8,11-14H,6,9-10,15H2,1-4H3,(H,32,37)(H,33,38). The average molecular weight is 559 g/mol. The molecule has 2 N–H and O–H groups in total. The van der Waals surface area contributed by atoms with Crippen LogP contribution in [0.5, 0.6) is 0 Å². The van der Waals surface area contributed by atoms with Crippen molar-refractivity contribution in [1.82, 2.24) is 5.16 Å². The van der Waals surface area contributed by atoms with Gasteiger partial charge in [-0.15, -0.1) is 0 Å². The second-order valence-electron chi connectivity index (χ2n) is 10.4. The minimum atomic E-state index is -4.73. The number of carbonyl (C=O) groups is 3. The molecule has 1 aromatic heterocycles. The summed E-state index contributed by atoms with van der Waals surface area (Å²) in [5.41, 5.74) is -0.938. The summed E-state index contributed by atoms with van der Waals surface area (Å²) in [6, 6.07) is 9.99. The Bertz CT molecular complexity index is 1440.